The Morgan fingerprint density at radius 1 is 1.48 bits per heavy atom. The van der Waals surface area contributed by atoms with Gasteiger partial charge in [-0.3, -0.25) is 4.79 Å². The van der Waals surface area contributed by atoms with Crippen LogP contribution in [0.25, 0.3) is 0 Å². The molecule has 2 unspecified atom stereocenters. The number of morpholine rings is 1. The van der Waals surface area contributed by atoms with Crippen LogP contribution in [0.5, 0.6) is 0 Å². The van der Waals surface area contributed by atoms with Crippen molar-refractivity contribution in [3.63, 3.8) is 0 Å². The molecule has 0 bridgehead atoms. The molecule has 116 valence electrons. The van der Waals surface area contributed by atoms with E-state index in [-0.39, 0.29) is 24.7 Å². The second-order valence-corrected chi connectivity index (χ2v) is 5.52. The van der Waals surface area contributed by atoms with Gasteiger partial charge in [0.2, 0.25) is 0 Å². The first kappa shape index (κ1) is 15.8. The van der Waals surface area contributed by atoms with Gasteiger partial charge in [0.05, 0.1) is 18.8 Å². The number of rotatable bonds is 4. The topological polar surface area (TPSA) is 61.8 Å². The first-order chi connectivity index (χ1) is 10.0. The quantitative estimate of drug-likeness (QED) is 0.886. The van der Waals surface area contributed by atoms with Gasteiger partial charge in [-0.05, 0) is 44.5 Å². The summed E-state index contributed by atoms with van der Waals surface area (Å²) < 4.78 is 5.57. The van der Waals surface area contributed by atoms with Crippen LogP contribution in [0.2, 0.25) is 0 Å². The lowest BCUT2D eigenvalue weighted by Gasteiger charge is -2.36. The van der Waals surface area contributed by atoms with E-state index in [1.165, 1.54) is 0 Å². The Kier molecular flexibility index (Phi) is 5.20. The number of ether oxygens (including phenoxy) is 1. The van der Waals surface area contributed by atoms with E-state index in [1.807, 2.05) is 39.0 Å². The standard InChI is InChI=1S/C16H24N2O3/c1-4-17-15-6-5-13(7-11(15)2)16(20)18-8-12(3)21-14(9-18)10-19/h5-7,12,14,17,19H,4,8-10H2,1-3H3. The molecule has 2 atom stereocenters. The summed E-state index contributed by atoms with van der Waals surface area (Å²) in [5.74, 6) is -0.00486. The fourth-order valence-electron chi connectivity index (χ4n) is 2.68. The summed E-state index contributed by atoms with van der Waals surface area (Å²) in [4.78, 5) is 14.4. The Balaban J connectivity index is 2.13. The van der Waals surface area contributed by atoms with Crippen molar-refractivity contribution >= 4 is 11.6 Å². The number of benzene rings is 1. The molecule has 1 aliphatic rings. The lowest BCUT2D eigenvalue weighted by Crippen LogP contribution is -2.50. The summed E-state index contributed by atoms with van der Waals surface area (Å²) in [6.45, 7) is 7.74. The SMILES string of the molecule is CCNc1ccc(C(=O)N2CC(C)OC(CO)C2)cc1C. The number of nitrogens with one attached hydrogen (secondary N) is 1. The largest absolute Gasteiger partial charge is 0.394 e. The summed E-state index contributed by atoms with van der Waals surface area (Å²) in [6, 6.07) is 5.70. The van der Waals surface area contributed by atoms with Gasteiger partial charge in [0.25, 0.3) is 5.91 Å². The molecule has 1 saturated heterocycles. The number of hydrogen-bond acceptors (Lipinski definition) is 4. The summed E-state index contributed by atoms with van der Waals surface area (Å²) >= 11 is 0. The molecule has 21 heavy (non-hydrogen) atoms. The molecule has 0 aliphatic carbocycles. The normalized spacial score (nSPS) is 22.2. The Morgan fingerprint density at radius 2 is 2.24 bits per heavy atom. The number of hydrogen-bond donors (Lipinski definition) is 2. The minimum Gasteiger partial charge on any atom is -0.394 e. The molecular weight excluding hydrogens is 268 g/mol. The minimum absolute atomic E-state index is 0.00486. The average molecular weight is 292 g/mol. The lowest BCUT2D eigenvalue weighted by molar-refractivity contribution is -0.0858. The van der Waals surface area contributed by atoms with Gasteiger partial charge >= 0.3 is 0 Å². The van der Waals surface area contributed by atoms with Gasteiger partial charge in [-0.1, -0.05) is 0 Å². The average Bonchev–Trinajstić information content (AvgIpc) is 2.48. The van der Waals surface area contributed by atoms with Crippen LogP contribution in [-0.4, -0.2) is 54.4 Å². The first-order valence-electron chi connectivity index (χ1n) is 7.45. The van der Waals surface area contributed by atoms with Gasteiger partial charge in [-0.15, -0.1) is 0 Å². The molecule has 1 aliphatic heterocycles. The predicted octanol–water partition coefficient (Wildman–Crippen LogP) is 1.65. The van der Waals surface area contributed by atoms with E-state index in [0.717, 1.165) is 17.8 Å². The second-order valence-electron chi connectivity index (χ2n) is 5.52. The summed E-state index contributed by atoms with van der Waals surface area (Å²) in [7, 11) is 0. The third kappa shape index (κ3) is 3.74. The first-order valence-corrected chi connectivity index (χ1v) is 7.45. The molecule has 1 amide bonds. The maximum atomic E-state index is 12.6. The zero-order valence-electron chi connectivity index (χ0n) is 12.9. The molecule has 0 saturated carbocycles. The van der Waals surface area contributed by atoms with Crippen LogP contribution in [-0.2, 0) is 4.74 Å². The molecule has 1 aromatic rings. The molecule has 1 fully saturated rings. The third-order valence-electron chi connectivity index (χ3n) is 3.66. The zero-order chi connectivity index (χ0) is 15.4. The van der Waals surface area contributed by atoms with E-state index in [0.29, 0.717) is 18.7 Å². The van der Waals surface area contributed by atoms with E-state index < -0.39 is 0 Å². The van der Waals surface area contributed by atoms with Crippen LogP contribution in [0.15, 0.2) is 18.2 Å². The van der Waals surface area contributed by atoms with E-state index in [2.05, 4.69) is 5.32 Å². The number of carbonyl (C=O) groups excluding carboxylic acids is 1. The summed E-state index contributed by atoms with van der Waals surface area (Å²) in [5.41, 5.74) is 2.79. The van der Waals surface area contributed by atoms with Crippen molar-refractivity contribution in [1.82, 2.24) is 4.90 Å². The van der Waals surface area contributed by atoms with Crippen molar-refractivity contribution in [3.05, 3.63) is 29.3 Å². The fraction of sp³-hybridized carbons (Fsp3) is 0.562. The molecule has 0 spiro atoms. The summed E-state index contributed by atoms with van der Waals surface area (Å²) in [6.07, 6.45) is -0.346. The Labute approximate surface area is 125 Å². The molecule has 5 nitrogen and oxygen atoms in total. The van der Waals surface area contributed by atoms with Crippen LogP contribution in [0.1, 0.15) is 29.8 Å². The molecule has 0 aromatic heterocycles. The Hall–Kier alpha value is -1.59. The third-order valence-corrected chi connectivity index (χ3v) is 3.66. The smallest absolute Gasteiger partial charge is 0.254 e. The van der Waals surface area contributed by atoms with Crippen LogP contribution < -0.4 is 5.32 Å². The lowest BCUT2D eigenvalue weighted by atomic mass is 10.1. The Morgan fingerprint density at radius 3 is 2.86 bits per heavy atom. The number of aliphatic hydroxyl groups is 1. The molecule has 2 N–H and O–H groups in total. The highest BCUT2D eigenvalue weighted by atomic mass is 16.5. The predicted molar refractivity (Wildman–Crippen MR) is 82.7 cm³/mol. The van der Waals surface area contributed by atoms with Gasteiger partial charge in [-0.25, -0.2) is 0 Å². The fourth-order valence-corrected chi connectivity index (χ4v) is 2.68. The van der Waals surface area contributed by atoms with Crippen LogP contribution in [0, 0.1) is 6.92 Å². The highest BCUT2D eigenvalue weighted by Crippen LogP contribution is 2.19. The Bertz CT molecular complexity index is 504. The number of carbonyl (C=O) groups is 1. The number of nitrogens with zero attached hydrogens (tertiary/aromatic N) is 1. The second kappa shape index (κ2) is 6.91. The molecule has 1 aromatic carbocycles. The van der Waals surface area contributed by atoms with Gasteiger partial charge in [0, 0.05) is 30.9 Å². The number of anilines is 1. The van der Waals surface area contributed by atoms with E-state index in [1.54, 1.807) is 4.90 Å². The van der Waals surface area contributed by atoms with Crippen molar-refractivity contribution in [3.8, 4) is 0 Å². The van der Waals surface area contributed by atoms with Crippen molar-refractivity contribution < 1.29 is 14.6 Å². The summed E-state index contributed by atoms with van der Waals surface area (Å²) in [5, 5.41) is 12.5. The van der Waals surface area contributed by atoms with Crippen molar-refractivity contribution in [1.29, 1.82) is 0 Å². The van der Waals surface area contributed by atoms with Crippen molar-refractivity contribution in [2.75, 3.05) is 31.6 Å². The van der Waals surface area contributed by atoms with E-state index >= 15 is 0 Å². The van der Waals surface area contributed by atoms with Crippen LogP contribution in [0.3, 0.4) is 0 Å². The molecule has 2 rings (SSSR count). The molecular formula is C16H24N2O3. The monoisotopic (exact) mass is 292 g/mol. The molecule has 0 radical (unpaired) electrons. The zero-order valence-corrected chi connectivity index (χ0v) is 12.9. The van der Waals surface area contributed by atoms with Gasteiger partial charge in [-0.2, -0.15) is 0 Å². The van der Waals surface area contributed by atoms with E-state index in [9.17, 15) is 9.90 Å². The van der Waals surface area contributed by atoms with Crippen LogP contribution in [0.4, 0.5) is 5.69 Å². The number of amides is 1. The molecule has 5 heteroatoms. The number of aryl methyl sites for hydroxylation is 1. The highest BCUT2D eigenvalue weighted by molar-refractivity contribution is 5.95. The molecule has 1 heterocycles. The van der Waals surface area contributed by atoms with Crippen LogP contribution >= 0.6 is 0 Å². The van der Waals surface area contributed by atoms with Gasteiger partial charge in [0.1, 0.15) is 0 Å². The van der Waals surface area contributed by atoms with Crippen molar-refractivity contribution in [2.24, 2.45) is 0 Å². The van der Waals surface area contributed by atoms with E-state index in [4.69, 9.17) is 4.74 Å². The number of aliphatic hydroxyl groups excluding tert-OH is 1. The van der Waals surface area contributed by atoms with Gasteiger partial charge in [0.15, 0.2) is 0 Å². The highest BCUT2D eigenvalue weighted by Gasteiger charge is 2.28. The van der Waals surface area contributed by atoms with Gasteiger partial charge < -0.3 is 20.1 Å². The maximum absolute atomic E-state index is 12.6. The maximum Gasteiger partial charge on any atom is 0.254 e. The minimum atomic E-state index is -0.292. The van der Waals surface area contributed by atoms with Crippen molar-refractivity contribution in [2.45, 2.75) is 33.0 Å².